The minimum absolute atomic E-state index is 0.0468. The number of benzene rings is 1. The average molecular weight is 284 g/mol. The summed E-state index contributed by atoms with van der Waals surface area (Å²) in [5.41, 5.74) is 8.22. The van der Waals surface area contributed by atoms with E-state index < -0.39 is 0 Å². The van der Waals surface area contributed by atoms with Crippen LogP contribution in [0.25, 0.3) is 0 Å². The summed E-state index contributed by atoms with van der Waals surface area (Å²) in [6.45, 7) is 1.60. The molecule has 3 N–H and O–H groups in total. The molecule has 3 rings (SSSR count). The molecule has 7 heteroatoms. The van der Waals surface area contributed by atoms with Gasteiger partial charge in [0.2, 0.25) is 0 Å². The summed E-state index contributed by atoms with van der Waals surface area (Å²) in [5, 5.41) is 12.0. The van der Waals surface area contributed by atoms with Gasteiger partial charge in [-0.2, -0.15) is 0 Å². The van der Waals surface area contributed by atoms with Gasteiger partial charge in [0.25, 0.3) is 0 Å². The molecular weight excluding hydrogens is 268 g/mol. The van der Waals surface area contributed by atoms with Crippen molar-refractivity contribution in [3.05, 3.63) is 42.4 Å². The zero-order valence-electron chi connectivity index (χ0n) is 11.6. The van der Waals surface area contributed by atoms with Gasteiger partial charge in [-0.15, -0.1) is 0 Å². The van der Waals surface area contributed by atoms with E-state index >= 15 is 0 Å². The van der Waals surface area contributed by atoms with E-state index in [0.717, 1.165) is 24.5 Å². The molecule has 1 aromatic carbocycles. The van der Waals surface area contributed by atoms with Gasteiger partial charge in [-0.1, -0.05) is 17.3 Å². The van der Waals surface area contributed by atoms with Crippen LogP contribution in [0.1, 0.15) is 5.69 Å². The van der Waals surface area contributed by atoms with Crippen LogP contribution in [0.15, 0.2) is 41.8 Å². The number of aromatic nitrogens is 2. The van der Waals surface area contributed by atoms with Crippen LogP contribution >= 0.6 is 0 Å². The predicted octanol–water partition coefficient (Wildman–Crippen LogP) is 1.16. The van der Waals surface area contributed by atoms with E-state index in [9.17, 15) is 0 Å². The van der Waals surface area contributed by atoms with E-state index in [-0.39, 0.29) is 5.84 Å². The van der Waals surface area contributed by atoms with E-state index in [1.165, 1.54) is 6.20 Å². The van der Waals surface area contributed by atoms with E-state index in [0.29, 0.717) is 11.5 Å². The van der Waals surface area contributed by atoms with Gasteiger partial charge >= 0.3 is 0 Å². The fourth-order valence-corrected chi connectivity index (χ4v) is 2.48. The van der Waals surface area contributed by atoms with Gasteiger partial charge in [0.15, 0.2) is 17.3 Å². The summed E-state index contributed by atoms with van der Waals surface area (Å²) in [5.74, 6) is 0.544. The van der Waals surface area contributed by atoms with Crippen molar-refractivity contribution in [3.8, 4) is 0 Å². The van der Waals surface area contributed by atoms with Crippen molar-refractivity contribution < 1.29 is 5.21 Å². The summed E-state index contributed by atoms with van der Waals surface area (Å²) in [4.78, 5) is 12.8. The van der Waals surface area contributed by atoms with E-state index in [1.807, 2.05) is 23.1 Å². The number of fused-ring (bicyclic) bond motifs is 1. The molecule has 2 heterocycles. The molecule has 0 amide bonds. The molecule has 0 spiro atoms. The number of hydrogen-bond acceptors (Lipinski definition) is 6. The summed E-state index contributed by atoms with van der Waals surface area (Å²) < 4.78 is 0. The second kappa shape index (κ2) is 5.28. The number of para-hydroxylation sites is 2. The Morgan fingerprint density at radius 1 is 1.19 bits per heavy atom. The molecule has 1 aliphatic heterocycles. The van der Waals surface area contributed by atoms with Crippen molar-refractivity contribution in [1.82, 2.24) is 9.97 Å². The highest BCUT2D eigenvalue weighted by Gasteiger charge is 2.25. The minimum Gasteiger partial charge on any atom is -0.409 e. The predicted molar refractivity (Wildman–Crippen MR) is 81.3 cm³/mol. The van der Waals surface area contributed by atoms with Crippen LogP contribution in [-0.2, 0) is 0 Å². The van der Waals surface area contributed by atoms with Gasteiger partial charge in [0, 0.05) is 32.5 Å². The van der Waals surface area contributed by atoms with Crippen LogP contribution in [0.4, 0.5) is 17.2 Å². The number of hydrogen-bond donors (Lipinski definition) is 2. The molecule has 7 nitrogen and oxygen atoms in total. The minimum atomic E-state index is -0.0468. The van der Waals surface area contributed by atoms with Gasteiger partial charge in [0.1, 0.15) is 0 Å². The summed E-state index contributed by atoms with van der Waals surface area (Å²) >= 11 is 0. The fraction of sp³-hybridized carbons (Fsp3) is 0.214. The lowest BCUT2D eigenvalue weighted by atomic mass is 10.1. The number of nitrogens with zero attached hydrogens (tertiary/aromatic N) is 5. The van der Waals surface area contributed by atoms with Crippen molar-refractivity contribution >= 4 is 23.0 Å². The first-order chi connectivity index (χ1) is 10.2. The van der Waals surface area contributed by atoms with E-state index in [2.05, 4.69) is 33.1 Å². The second-order valence-corrected chi connectivity index (χ2v) is 4.78. The highest BCUT2D eigenvalue weighted by atomic mass is 16.4. The van der Waals surface area contributed by atoms with Gasteiger partial charge in [-0.3, -0.25) is 0 Å². The van der Waals surface area contributed by atoms with Crippen LogP contribution < -0.4 is 15.5 Å². The Morgan fingerprint density at radius 3 is 2.67 bits per heavy atom. The Balaban J connectivity index is 2.13. The maximum Gasteiger partial charge on any atom is 0.192 e. The zero-order valence-corrected chi connectivity index (χ0v) is 11.6. The van der Waals surface area contributed by atoms with Crippen molar-refractivity contribution in [2.45, 2.75) is 0 Å². The fourth-order valence-electron chi connectivity index (χ4n) is 2.48. The monoisotopic (exact) mass is 284 g/mol. The number of anilines is 3. The number of rotatable bonds is 2. The lowest BCUT2D eigenvalue weighted by molar-refractivity contribution is 0.318. The van der Waals surface area contributed by atoms with Crippen LogP contribution in [0, 0.1) is 0 Å². The standard InChI is InChI=1S/C14H16N6O/c1-19-8-9-20(11-5-3-2-4-10(11)19)14-12(13(15)18-21)16-6-7-17-14/h2-7,21H,8-9H2,1H3,(H2,15,18). The summed E-state index contributed by atoms with van der Waals surface area (Å²) in [6.07, 6.45) is 3.13. The number of oxime groups is 1. The van der Waals surface area contributed by atoms with Crippen LogP contribution in [0.5, 0.6) is 0 Å². The van der Waals surface area contributed by atoms with Crippen LogP contribution in [0.2, 0.25) is 0 Å². The molecule has 0 unspecified atom stereocenters. The molecule has 108 valence electrons. The highest BCUT2D eigenvalue weighted by molar-refractivity contribution is 6.00. The third-order valence-electron chi connectivity index (χ3n) is 3.53. The van der Waals surface area contributed by atoms with Gasteiger partial charge in [0.05, 0.1) is 11.4 Å². The number of likely N-dealkylation sites (N-methyl/N-ethyl adjacent to an activating group) is 1. The second-order valence-electron chi connectivity index (χ2n) is 4.78. The number of nitrogens with two attached hydrogens (primary N) is 1. The topological polar surface area (TPSA) is 90.9 Å². The molecule has 2 aromatic rings. The van der Waals surface area contributed by atoms with Crippen molar-refractivity contribution in [3.63, 3.8) is 0 Å². The molecule has 0 saturated carbocycles. The van der Waals surface area contributed by atoms with E-state index in [1.54, 1.807) is 6.20 Å². The Labute approximate surface area is 122 Å². The van der Waals surface area contributed by atoms with Gasteiger partial charge < -0.3 is 20.7 Å². The van der Waals surface area contributed by atoms with Crippen molar-refractivity contribution in [2.75, 3.05) is 29.9 Å². The zero-order chi connectivity index (χ0) is 14.8. The van der Waals surface area contributed by atoms with Gasteiger partial charge in [-0.05, 0) is 12.1 Å². The van der Waals surface area contributed by atoms with E-state index in [4.69, 9.17) is 10.9 Å². The summed E-state index contributed by atoms with van der Waals surface area (Å²) in [6, 6.07) is 8.06. The SMILES string of the molecule is CN1CCN(c2nccnc2C(N)=NO)c2ccccc21. The lowest BCUT2D eigenvalue weighted by Gasteiger charge is -2.36. The Kier molecular flexibility index (Phi) is 3.31. The summed E-state index contributed by atoms with van der Waals surface area (Å²) in [7, 11) is 2.05. The Hall–Kier alpha value is -2.83. The lowest BCUT2D eigenvalue weighted by Crippen LogP contribution is -2.38. The first-order valence-electron chi connectivity index (χ1n) is 6.59. The normalized spacial score (nSPS) is 15.0. The molecule has 0 aliphatic carbocycles. The first kappa shape index (κ1) is 13.2. The van der Waals surface area contributed by atoms with Crippen LogP contribution in [0.3, 0.4) is 0 Å². The number of amidine groups is 1. The maximum absolute atomic E-state index is 8.92. The third kappa shape index (κ3) is 2.22. The molecule has 0 atom stereocenters. The first-order valence-corrected chi connectivity index (χ1v) is 6.59. The van der Waals surface area contributed by atoms with Crippen molar-refractivity contribution in [2.24, 2.45) is 10.9 Å². The molecule has 1 aromatic heterocycles. The molecule has 0 fully saturated rings. The van der Waals surface area contributed by atoms with Gasteiger partial charge in [-0.25, -0.2) is 9.97 Å². The highest BCUT2D eigenvalue weighted by Crippen LogP contribution is 2.36. The third-order valence-corrected chi connectivity index (χ3v) is 3.53. The largest absolute Gasteiger partial charge is 0.409 e. The smallest absolute Gasteiger partial charge is 0.192 e. The Morgan fingerprint density at radius 2 is 1.90 bits per heavy atom. The maximum atomic E-state index is 8.92. The Bertz CT molecular complexity index is 687. The molecule has 0 radical (unpaired) electrons. The molecule has 0 saturated heterocycles. The average Bonchev–Trinajstić information content (AvgIpc) is 2.55. The molecular formula is C14H16N6O. The molecule has 1 aliphatic rings. The van der Waals surface area contributed by atoms with Crippen molar-refractivity contribution in [1.29, 1.82) is 0 Å². The van der Waals surface area contributed by atoms with Crippen LogP contribution in [-0.4, -0.2) is 41.1 Å². The molecule has 21 heavy (non-hydrogen) atoms. The quantitative estimate of drug-likeness (QED) is 0.372. The molecule has 0 bridgehead atoms.